The monoisotopic (exact) mass is 470 g/mol. The second kappa shape index (κ2) is 11.5. The maximum Gasteiger partial charge on any atom is 0.408 e. The van der Waals surface area contributed by atoms with Gasteiger partial charge >= 0.3 is 12.1 Å². The normalized spacial score (nSPS) is 12.4. The molecule has 0 saturated heterocycles. The highest BCUT2D eigenvalue weighted by molar-refractivity contribution is 7.99. The lowest BCUT2D eigenvalue weighted by atomic mass is 10.1. The molecule has 8 heteroatoms. The van der Waals surface area contributed by atoms with Gasteiger partial charge in [0.1, 0.15) is 12.6 Å². The minimum absolute atomic E-state index is 0.0772. The molecule has 0 radical (unpaired) electrons. The molecule has 2 unspecified atom stereocenters. The first-order chi connectivity index (χ1) is 15.5. The molecule has 0 aliphatic carbocycles. The summed E-state index contributed by atoms with van der Waals surface area (Å²) >= 11 is 7.35. The van der Waals surface area contributed by atoms with E-state index in [9.17, 15) is 9.59 Å². The zero-order chi connectivity index (χ0) is 22.9. The molecule has 3 aromatic carbocycles. The van der Waals surface area contributed by atoms with Crippen LogP contribution in [0.3, 0.4) is 0 Å². The number of nitrogen functional groups attached to an aromatic ring is 1. The van der Waals surface area contributed by atoms with Crippen molar-refractivity contribution in [3.05, 3.63) is 95.0 Å². The molecule has 3 rings (SSSR count). The van der Waals surface area contributed by atoms with Crippen LogP contribution in [0, 0.1) is 0 Å². The molecular weight excluding hydrogens is 448 g/mol. The maximum absolute atomic E-state index is 12.7. The number of thioether (sulfide) groups is 1. The van der Waals surface area contributed by atoms with E-state index in [4.69, 9.17) is 26.8 Å². The number of rotatable bonds is 8. The summed E-state index contributed by atoms with van der Waals surface area (Å²) in [5, 5.41) is 2.64. The van der Waals surface area contributed by atoms with E-state index >= 15 is 0 Å². The van der Waals surface area contributed by atoms with Crippen molar-refractivity contribution in [3.8, 4) is 0 Å². The van der Waals surface area contributed by atoms with Gasteiger partial charge in [0.25, 0.3) is 0 Å². The number of carbonyl (C=O) groups is 2. The summed E-state index contributed by atoms with van der Waals surface area (Å²) in [6, 6.07) is 22.7. The molecule has 0 fully saturated rings. The second-order valence-corrected chi connectivity index (χ2v) is 8.46. The van der Waals surface area contributed by atoms with Gasteiger partial charge in [0.2, 0.25) is 0 Å². The van der Waals surface area contributed by atoms with Gasteiger partial charge in [-0.3, -0.25) is 0 Å². The fourth-order valence-electron chi connectivity index (χ4n) is 3.01. The van der Waals surface area contributed by atoms with E-state index < -0.39 is 23.4 Å². The number of halogens is 1. The van der Waals surface area contributed by atoms with Gasteiger partial charge in [-0.15, -0.1) is 11.8 Å². The number of anilines is 1. The SMILES string of the molecule is COC(=O)C(NC(=O)OCc1ccccc1)C(Sc1ccc(Cl)cc1N)c1ccccc1. The van der Waals surface area contributed by atoms with Crippen LogP contribution < -0.4 is 11.1 Å². The average Bonchev–Trinajstić information content (AvgIpc) is 2.82. The Balaban J connectivity index is 1.85. The highest BCUT2D eigenvalue weighted by Gasteiger charge is 2.34. The molecule has 0 aliphatic heterocycles. The summed E-state index contributed by atoms with van der Waals surface area (Å²) in [6.45, 7) is 0.0772. The number of alkyl carbamates (subject to hydrolysis) is 1. The zero-order valence-corrected chi connectivity index (χ0v) is 18.9. The number of amides is 1. The minimum Gasteiger partial charge on any atom is -0.467 e. The third-order valence-corrected chi connectivity index (χ3v) is 6.26. The van der Waals surface area contributed by atoms with Gasteiger partial charge in [0.15, 0.2) is 0 Å². The Morgan fingerprint density at radius 3 is 2.31 bits per heavy atom. The fourth-order valence-corrected chi connectivity index (χ4v) is 4.42. The van der Waals surface area contributed by atoms with Crippen molar-refractivity contribution in [2.75, 3.05) is 12.8 Å². The van der Waals surface area contributed by atoms with Crippen molar-refractivity contribution in [3.63, 3.8) is 0 Å². The number of nitrogens with one attached hydrogen (secondary N) is 1. The van der Waals surface area contributed by atoms with Crippen LogP contribution in [0.25, 0.3) is 0 Å². The van der Waals surface area contributed by atoms with Crippen molar-refractivity contribution in [2.24, 2.45) is 0 Å². The van der Waals surface area contributed by atoms with Gasteiger partial charge in [-0.2, -0.15) is 0 Å². The lowest BCUT2D eigenvalue weighted by molar-refractivity contribution is -0.143. The summed E-state index contributed by atoms with van der Waals surface area (Å²) in [5.74, 6) is -0.601. The van der Waals surface area contributed by atoms with Crippen molar-refractivity contribution >= 4 is 41.1 Å². The number of carbonyl (C=O) groups excluding carboxylic acids is 2. The van der Waals surface area contributed by atoms with Crippen molar-refractivity contribution < 1.29 is 19.1 Å². The lowest BCUT2D eigenvalue weighted by Crippen LogP contribution is -2.45. The Labute approximate surface area is 196 Å². The predicted octanol–water partition coefficient (Wildman–Crippen LogP) is 5.22. The summed E-state index contributed by atoms with van der Waals surface area (Å²) in [6.07, 6.45) is -0.727. The van der Waals surface area contributed by atoms with Crippen LogP contribution in [0.1, 0.15) is 16.4 Å². The van der Waals surface area contributed by atoms with E-state index in [0.29, 0.717) is 10.7 Å². The Kier molecular flexibility index (Phi) is 8.41. The standard InChI is InChI=1S/C24H23ClN2O4S/c1-30-23(28)21(27-24(29)31-15-16-8-4-2-5-9-16)22(17-10-6-3-7-11-17)32-20-13-12-18(25)14-19(20)26/h2-14,21-22H,15,26H2,1H3,(H,27,29). The van der Waals surface area contributed by atoms with Gasteiger partial charge in [-0.05, 0) is 29.3 Å². The summed E-state index contributed by atoms with van der Waals surface area (Å²) in [5.41, 5.74) is 8.25. The van der Waals surface area contributed by atoms with Gasteiger partial charge < -0.3 is 20.5 Å². The molecule has 6 nitrogen and oxygen atoms in total. The van der Waals surface area contributed by atoms with E-state index in [1.54, 1.807) is 18.2 Å². The van der Waals surface area contributed by atoms with Crippen LogP contribution in [0.2, 0.25) is 5.02 Å². The summed E-state index contributed by atoms with van der Waals surface area (Å²) in [7, 11) is 1.27. The third-order valence-electron chi connectivity index (χ3n) is 4.60. The molecule has 0 spiro atoms. The van der Waals surface area contributed by atoms with Crippen LogP contribution in [0.5, 0.6) is 0 Å². The summed E-state index contributed by atoms with van der Waals surface area (Å²) in [4.78, 5) is 26.0. The molecule has 32 heavy (non-hydrogen) atoms. The van der Waals surface area contributed by atoms with Gasteiger partial charge in [0, 0.05) is 15.6 Å². The number of hydrogen-bond donors (Lipinski definition) is 2. The number of hydrogen-bond acceptors (Lipinski definition) is 6. The molecule has 2 atom stereocenters. The van der Waals surface area contributed by atoms with Crippen molar-refractivity contribution in [1.29, 1.82) is 0 Å². The largest absolute Gasteiger partial charge is 0.467 e. The quantitative estimate of drug-likeness (QED) is 0.266. The molecule has 0 aromatic heterocycles. The Morgan fingerprint density at radius 1 is 1.03 bits per heavy atom. The minimum atomic E-state index is -1.02. The van der Waals surface area contributed by atoms with Crippen molar-refractivity contribution in [2.45, 2.75) is 22.8 Å². The van der Waals surface area contributed by atoms with E-state index in [0.717, 1.165) is 16.0 Å². The number of ether oxygens (including phenoxy) is 2. The van der Waals surface area contributed by atoms with Crippen LogP contribution in [0.4, 0.5) is 10.5 Å². The Bertz CT molecular complexity index is 1050. The zero-order valence-electron chi connectivity index (χ0n) is 17.4. The highest BCUT2D eigenvalue weighted by Crippen LogP contribution is 2.41. The molecule has 0 saturated carbocycles. The first-order valence-corrected chi connectivity index (χ1v) is 11.1. The second-order valence-electron chi connectivity index (χ2n) is 6.84. The van der Waals surface area contributed by atoms with Gasteiger partial charge in [-0.1, -0.05) is 72.3 Å². The molecular formula is C24H23ClN2O4S. The van der Waals surface area contributed by atoms with Crippen LogP contribution in [-0.4, -0.2) is 25.2 Å². The number of methoxy groups -OCH3 is 1. The summed E-state index contributed by atoms with van der Waals surface area (Å²) < 4.78 is 10.3. The highest BCUT2D eigenvalue weighted by atomic mass is 35.5. The lowest BCUT2D eigenvalue weighted by Gasteiger charge is -2.26. The Hall–Kier alpha value is -3.16. The molecule has 3 N–H and O–H groups in total. The fraction of sp³-hybridized carbons (Fsp3) is 0.167. The van der Waals surface area contributed by atoms with Gasteiger partial charge in [0.05, 0.1) is 12.4 Å². The first-order valence-electron chi connectivity index (χ1n) is 9.79. The molecule has 166 valence electrons. The average molecular weight is 471 g/mol. The smallest absolute Gasteiger partial charge is 0.408 e. The predicted molar refractivity (Wildman–Crippen MR) is 126 cm³/mol. The number of esters is 1. The number of nitrogens with two attached hydrogens (primary N) is 1. The third kappa shape index (κ3) is 6.42. The molecule has 0 bridgehead atoms. The van der Waals surface area contributed by atoms with E-state index in [-0.39, 0.29) is 6.61 Å². The topological polar surface area (TPSA) is 90.6 Å². The van der Waals surface area contributed by atoms with Crippen molar-refractivity contribution in [1.82, 2.24) is 5.32 Å². The van der Waals surface area contributed by atoms with Crippen LogP contribution in [0.15, 0.2) is 83.8 Å². The van der Waals surface area contributed by atoms with Crippen LogP contribution in [-0.2, 0) is 20.9 Å². The molecule has 0 aliphatic rings. The van der Waals surface area contributed by atoms with E-state index in [1.807, 2.05) is 60.7 Å². The van der Waals surface area contributed by atoms with E-state index in [1.165, 1.54) is 18.9 Å². The number of benzene rings is 3. The maximum atomic E-state index is 12.7. The van der Waals surface area contributed by atoms with Crippen LogP contribution >= 0.6 is 23.4 Å². The van der Waals surface area contributed by atoms with E-state index in [2.05, 4.69) is 5.32 Å². The molecule has 3 aromatic rings. The molecule has 1 amide bonds. The molecule has 0 heterocycles. The first kappa shape index (κ1) is 23.5. The van der Waals surface area contributed by atoms with Gasteiger partial charge in [-0.25, -0.2) is 9.59 Å². The Morgan fingerprint density at radius 2 is 1.69 bits per heavy atom.